The number of fused-ring (bicyclic) bond motifs is 1. The number of carbonyl (C=O) groups is 3. The summed E-state index contributed by atoms with van der Waals surface area (Å²) in [5.74, 6) is -1.53. The molecule has 1 aliphatic carbocycles. The lowest BCUT2D eigenvalue weighted by atomic mass is 9.72. The highest BCUT2D eigenvalue weighted by Gasteiger charge is 2.52. The molecule has 2 amide bonds. The molecule has 0 saturated heterocycles. The maximum Gasteiger partial charge on any atom is 0.334 e. The molecular formula is C24H31ClN4O4. The number of nitrogens with one attached hydrogen (secondary N) is 1. The van der Waals surface area contributed by atoms with Gasteiger partial charge in [-0.25, -0.2) is 4.79 Å². The van der Waals surface area contributed by atoms with Gasteiger partial charge in [0.25, 0.3) is 5.91 Å². The lowest BCUT2D eigenvalue weighted by molar-refractivity contribution is -0.166. The van der Waals surface area contributed by atoms with Crippen LogP contribution in [0, 0.1) is 5.92 Å². The fourth-order valence-corrected chi connectivity index (χ4v) is 4.31. The van der Waals surface area contributed by atoms with Crippen molar-refractivity contribution in [3.8, 4) is 0 Å². The Balaban J connectivity index is 1.92. The summed E-state index contributed by atoms with van der Waals surface area (Å²) in [6.45, 7) is 5.26. The van der Waals surface area contributed by atoms with E-state index in [2.05, 4.69) is 10.3 Å². The number of amides is 2. The minimum absolute atomic E-state index is 0.0515. The third kappa shape index (κ3) is 5.45. The van der Waals surface area contributed by atoms with Crippen LogP contribution in [0.15, 0.2) is 30.5 Å². The SMILES string of the molecule is CN(C)C(=O)C1CCC(NC(=O)c2cc3ccc(Cl)cc3cn2)(C(=O)OC(C)(C)C)C(N)C1. The van der Waals surface area contributed by atoms with E-state index >= 15 is 0 Å². The second-order valence-electron chi connectivity index (χ2n) is 9.80. The number of ether oxygens (including phenoxy) is 1. The Labute approximate surface area is 198 Å². The molecule has 9 heteroatoms. The Kier molecular flexibility index (Phi) is 7.00. The van der Waals surface area contributed by atoms with Crippen molar-refractivity contribution < 1.29 is 19.1 Å². The van der Waals surface area contributed by atoms with E-state index in [1.165, 1.54) is 4.90 Å². The van der Waals surface area contributed by atoms with E-state index < -0.39 is 29.1 Å². The van der Waals surface area contributed by atoms with E-state index in [1.807, 2.05) is 0 Å². The van der Waals surface area contributed by atoms with E-state index in [1.54, 1.807) is 65.3 Å². The molecule has 3 N–H and O–H groups in total. The molecule has 1 aromatic carbocycles. The largest absolute Gasteiger partial charge is 0.458 e. The van der Waals surface area contributed by atoms with Crippen LogP contribution in [0.2, 0.25) is 5.02 Å². The third-order valence-corrected chi connectivity index (χ3v) is 6.10. The summed E-state index contributed by atoms with van der Waals surface area (Å²) in [5.41, 5.74) is 4.38. The van der Waals surface area contributed by atoms with Gasteiger partial charge >= 0.3 is 5.97 Å². The molecule has 1 aromatic heterocycles. The molecule has 1 heterocycles. The molecule has 0 bridgehead atoms. The van der Waals surface area contributed by atoms with E-state index in [0.717, 1.165) is 10.8 Å². The van der Waals surface area contributed by atoms with Gasteiger partial charge in [0.05, 0.1) is 0 Å². The van der Waals surface area contributed by atoms with Crippen molar-refractivity contribution in [2.24, 2.45) is 11.7 Å². The minimum Gasteiger partial charge on any atom is -0.458 e. The lowest BCUT2D eigenvalue weighted by Crippen LogP contribution is -2.68. The first-order chi connectivity index (χ1) is 15.3. The van der Waals surface area contributed by atoms with Crippen LogP contribution in [0.4, 0.5) is 0 Å². The summed E-state index contributed by atoms with van der Waals surface area (Å²) in [6.07, 6.45) is 2.39. The predicted octanol–water partition coefficient (Wildman–Crippen LogP) is 2.91. The van der Waals surface area contributed by atoms with Crippen molar-refractivity contribution in [1.29, 1.82) is 0 Å². The van der Waals surface area contributed by atoms with Crippen LogP contribution in [0.3, 0.4) is 0 Å². The number of nitrogens with two attached hydrogens (primary N) is 1. The molecule has 2 aromatic rings. The summed E-state index contributed by atoms with van der Waals surface area (Å²) in [5, 5.41) is 4.98. The first-order valence-corrected chi connectivity index (χ1v) is 11.3. The first kappa shape index (κ1) is 24.9. The molecule has 0 radical (unpaired) electrons. The van der Waals surface area contributed by atoms with Gasteiger partial charge in [-0.1, -0.05) is 17.7 Å². The average Bonchev–Trinajstić information content (AvgIpc) is 2.72. The Morgan fingerprint density at radius 2 is 1.91 bits per heavy atom. The van der Waals surface area contributed by atoms with Crippen molar-refractivity contribution in [1.82, 2.24) is 15.2 Å². The molecular weight excluding hydrogens is 444 g/mol. The number of esters is 1. The highest BCUT2D eigenvalue weighted by molar-refractivity contribution is 6.31. The smallest absolute Gasteiger partial charge is 0.334 e. The summed E-state index contributed by atoms with van der Waals surface area (Å²) >= 11 is 6.03. The maximum absolute atomic E-state index is 13.3. The number of benzene rings is 1. The maximum atomic E-state index is 13.3. The molecule has 3 atom stereocenters. The molecule has 0 aliphatic heterocycles. The molecule has 3 unspecified atom stereocenters. The van der Waals surface area contributed by atoms with Gasteiger partial charge in [0.15, 0.2) is 5.54 Å². The summed E-state index contributed by atoms with van der Waals surface area (Å²) in [6, 6.07) is 6.11. The van der Waals surface area contributed by atoms with E-state index in [-0.39, 0.29) is 30.4 Å². The Morgan fingerprint density at radius 1 is 1.21 bits per heavy atom. The molecule has 33 heavy (non-hydrogen) atoms. The van der Waals surface area contributed by atoms with Gasteiger partial charge in [-0.2, -0.15) is 0 Å². The second kappa shape index (κ2) is 9.27. The van der Waals surface area contributed by atoms with Crippen molar-refractivity contribution in [2.45, 2.75) is 57.2 Å². The van der Waals surface area contributed by atoms with Crippen LogP contribution in [0.5, 0.6) is 0 Å². The number of hydrogen-bond donors (Lipinski definition) is 2. The van der Waals surface area contributed by atoms with Crippen molar-refractivity contribution in [2.75, 3.05) is 14.1 Å². The van der Waals surface area contributed by atoms with Crippen molar-refractivity contribution in [3.63, 3.8) is 0 Å². The zero-order valence-corrected chi connectivity index (χ0v) is 20.4. The Morgan fingerprint density at radius 3 is 2.52 bits per heavy atom. The van der Waals surface area contributed by atoms with Crippen LogP contribution in [-0.2, 0) is 14.3 Å². The quantitative estimate of drug-likeness (QED) is 0.658. The number of carbonyl (C=O) groups excluding carboxylic acids is 3. The number of aromatic nitrogens is 1. The number of rotatable bonds is 4. The van der Waals surface area contributed by atoms with E-state index in [4.69, 9.17) is 22.1 Å². The molecule has 1 saturated carbocycles. The number of pyridine rings is 1. The number of hydrogen-bond acceptors (Lipinski definition) is 6. The second-order valence-corrected chi connectivity index (χ2v) is 10.2. The molecule has 3 rings (SSSR count). The van der Waals surface area contributed by atoms with Gasteiger partial charge in [0.2, 0.25) is 5.91 Å². The third-order valence-electron chi connectivity index (χ3n) is 5.86. The summed E-state index contributed by atoms with van der Waals surface area (Å²) in [7, 11) is 3.37. The number of nitrogens with zero attached hydrogens (tertiary/aromatic N) is 2. The van der Waals surface area contributed by atoms with Gasteiger partial charge in [-0.3, -0.25) is 14.6 Å². The van der Waals surface area contributed by atoms with Crippen molar-refractivity contribution in [3.05, 3.63) is 41.2 Å². The predicted molar refractivity (Wildman–Crippen MR) is 127 cm³/mol. The minimum atomic E-state index is -1.47. The van der Waals surface area contributed by atoms with Crippen LogP contribution in [0.1, 0.15) is 50.5 Å². The van der Waals surface area contributed by atoms with Crippen LogP contribution < -0.4 is 11.1 Å². The Hall–Kier alpha value is -2.71. The van der Waals surface area contributed by atoms with Gasteiger partial charge < -0.3 is 20.7 Å². The standard InChI is InChI=1S/C24H31ClN4O4/c1-23(2,3)33-22(32)24(9-8-15(12-19(24)26)21(31)29(4)5)28-20(30)18-11-14-6-7-17(25)10-16(14)13-27-18/h6-7,10-11,13,15,19H,8-9,12,26H2,1-5H3,(H,28,30). The first-order valence-electron chi connectivity index (χ1n) is 10.9. The lowest BCUT2D eigenvalue weighted by Gasteiger charge is -2.44. The van der Waals surface area contributed by atoms with Crippen LogP contribution in [0.25, 0.3) is 10.8 Å². The monoisotopic (exact) mass is 474 g/mol. The summed E-state index contributed by atoms with van der Waals surface area (Å²) in [4.78, 5) is 44.8. The van der Waals surface area contributed by atoms with Crippen LogP contribution >= 0.6 is 11.6 Å². The molecule has 1 fully saturated rings. The zero-order chi connectivity index (χ0) is 24.6. The highest BCUT2D eigenvalue weighted by Crippen LogP contribution is 2.35. The van der Waals surface area contributed by atoms with E-state index in [9.17, 15) is 14.4 Å². The topological polar surface area (TPSA) is 115 Å². The molecule has 0 spiro atoms. The molecule has 178 valence electrons. The van der Waals surface area contributed by atoms with Gasteiger partial charge in [0.1, 0.15) is 11.3 Å². The van der Waals surface area contributed by atoms with Gasteiger partial charge in [-0.05, 0) is 63.6 Å². The fourth-order valence-electron chi connectivity index (χ4n) is 4.13. The molecule has 8 nitrogen and oxygen atoms in total. The normalized spacial score (nSPS) is 23.1. The number of halogens is 1. The zero-order valence-electron chi connectivity index (χ0n) is 19.6. The van der Waals surface area contributed by atoms with Gasteiger partial charge in [-0.15, -0.1) is 0 Å². The average molecular weight is 475 g/mol. The molecule has 1 aliphatic rings. The van der Waals surface area contributed by atoms with Gasteiger partial charge in [0, 0.05) is 42.7 Å². The highest BCUT2D eigenvalue weighted by atomic mass is 35.5. The fraction of sp³-hybridized carbons (Fsp3) is 0.500. The van der Waals surface area contributed by atoms with Crippen molar-refractivity contribution >= 4 is 40.2 Å². The summed E-state index contributed by atoms with van der Waals surface area (Å²) < 4.78 is 5.65. The Bertz CT molecular complexity index is 1080. The van der Waals surface area contributed by atoms with E-state index in [0.29, 0.717) is 11.4 Å². The van der Waals surface area contributed by atoms with Crippen LogP contribution in [-0.4, -0.2) is 58.9 Å².